The van der Waals surface area contributed by atoms with Crippen molar-refractivity contribution in [3.63, 3.8) is 0 Å². The van der Waals surface area contributed by atoms with Crippen molar-refractivity contribution in [1.82, 2.24) is 0 Å². The van der Waals surface area contributed by atoms with Crippen molar-refractivity contribution in [1.29, 1.82) is 0 Å². The van der Waals surface area contributed by atoms with Crippen LogP contribution in [-0.4, -0.2) is 30.7 Å². The summed E-state index contributed by atoms with van der Waals surface area (Å²) in [7, 11) is 1.31. The number of methoxy groups -OCH3 is 1. The van der Waals surface area contributed by atoms with Crippen molar-refractivity contribution >= 4 is 17.5 Å². The van der Waals surface area contributed by atoms with Crippen LogP contribution in [0, 0.1) is 0 Å². The molecule has 1 aromatic rings. The Morgan fingerprint density at radius 2 is 1.48 bits per heavy atom. The maximum absolute atomic E-state index is 12.4. The SMILES string of the molecule is CCCCCCCCc1ccc(OC(C(=O)CC)C(=O)CCCC(=O)OC)cc1. The number of unbranched alkanes of at least 4 members (excludes halogenated alkanes) is 5. The lowest BCUT2D eigenvalue weighted by Gasteiger charge is -2.17. The Kier molecular flexibility index (Phi) is 12.7. The van der Waals surface area contributed by atoms with Gasteiger partial charge in [0.2, 0.25) is 6.10 Å². The molecule has 1 aromatic carbocycles. The molecule has 0 fully saturated rings. The van der Waals surface area contributed by atoms with Crippen LogP contribution >= 0.6 is 0 Å². The van der Waals surface area contributed by atoms with E-state index in [0.717, 1.165) is 6.42 Å². The monoisotopic (exact) mass is 404 g/mol. The highest BCUT2D eigenvalue weighted by Gasteiger charge is 2.26. The highest BCUT2D eigenvalue weighted by molar-refractivity contribution is 6.05. The summed E-state index contributed by atoms with van der Waals surface area (Å²) in [5.41, 5.74) is 1.23. The molecule has 0 radical (unpaired) electrons. The molecule has 0 spiro atoms. The Morgan fingerprint density at radius 3 is 2.10 bits per heavy atom. The molecule has 0 amide bonds. The number of carbonyl (C=O) groups is 3. The van der Waals surface area contributed by atoms with Gasteiger partial charge in [0, 0.05) is 19.3 Å². The van der Waals surface area contributed by atoms with Gasteiger partial charge >= 0.3 is 5.97 Å². The average Bonchev–Trinajstić information content (AvgIpc) is 2.74. The van der Waals surface area contributed by atoms with Crippen LogP contribution in [0.25, 0.3) is 0 Å². The number of hydrogen-bond acceptors (Lipinski definition) is 5. The van der Waals surface area contributed by atoms with E-state index < -0.39 is 6.10 Å². The number of aryl methyl sites for hydroxylation is 1. The first-order valence-electron chi connectivity index (χ1n) is 10.9. The van der Waals surface area contributed by atoms with Gasteiger partial charge in [-0.25, -0.2) is 0 Å². The lowest BCUT2D eigenvalue weighted by atomic mass is 10.0. The molecule has 5 heteroatoms. The quantitative estimate of drug-likeness (QED) is 0.214. The average molecular weight is 405 g/mol. The van der Waals surface area contributed by atoms with Gasteiger partial charge in [0.05, 0.1) is 7.11 Å². The van der Waals surface area contributed by atoms with Gasteiger partial charge in [-0.05, 0) is 37.0 Å². The van der Waals surface area contributed by atoms with E-state index in [2.05, 4.69) is 11.7 Å². The lowest BCUT2D eigenvalue weighted by molar-refractivity contribution is -0.140. The first kappa shape index (κ1) is 24.9. The van der Waals surface area contributed by atoms with Crippen LogP contribution in [-0.2, 0) is 25.5 Å². The van der Waals surface area contributed by atoms with Gasteiger partial charge in [-0.1, -0.05) is 58.1 Å². The van der Waals surface area contributed by atoms with Crippen molar-refractivity contribution in [2.45, 2.75) is 90.6 Å². The van der Waals surface area contributed by atoms with E-state index in [-0.39, 0.29) is 36.8 Å². The van der Waals surface area contributed by atoms with Gasteiger partial charge in [0.1, 0.15) is 5.75 Å². The number of hydrogen-bond donors (Lipinski definition) is 0. The predicted octanol–water partition coefficient (Wildman–Crippen LogP) is 5.23. The number of Topliss-reactive ketones (excluding diaryl/α,β-unsaturated/α-hetero) is 2. The van der Waals surface area contributed by atoms with E-state index >= 15 is 0 Å². The summed E-state index contributed by atoms with van der Waals surface area (Å²) in [6.07, 6.45) is 8.33. The van der Waals surface area contributed by atoms with Gasteiger partial charge in [0.15, 0.2) is 11.6 Å². The topological polar surface area (TPSA) is 69.7 Å². The van der Waals surface area contributed by atoms with Crippen LogP contribution in [0.4, 0.5) is 0 Å². The third kappa shape index (κ3) is 10.2. The number of rotatable bonds is 16. The van der Waals surface area contributed by atoms with Crippen LogP contribution in [0.3, 0.4) is 0 Å². The largest absolute Gasteiger partial charge is 0.475 e. The second-order valence-corrected chi connectivity index (χ2v) is 7.38. The molecule has 0 saturated carbocycles. The second-order valence-electron chi connectivity index (χ2n) is 7.38. The molecule has 29 heavy (non-hydrogen) atoms. The number of esters is 1. The summed E-state index contributed by atoms with van der Waals surface area (Å²) in [5, 5.41) is 0. The Balaban J connectivity index is 2.53. The third-order valence-electron chi connectivity index (χ3n) is 4.96. The molecular formula is C24H36O5. The predicted molar refractivity (Wildman–Crippen MR) is 114 cm³/mol. The molecule has 5 nitrogen and oxygen atoms in total. The second kappa shape index (κ2) is 14.8. The molecule has 1 atom stereocenters. The lowest BCUT2D eigenvalue weighted by Crippen LogP contribution is -2.35. The van der Waals surface area contributed by atoms with Crippen LogP contribution in [0.1, 0.15) is 83.6 Å². The summed E-state index contributed by atoms with van der Waals surface area (Å²) in [4.78, 5) is 35.8. The van der Waals surface area contributed by atoms with Gasteiger partial charge in [-0.2, -0.15) is 0 Å². The number of carbonyl (C=O) groups excluding carboxylic acids is 3. The molecule has 162 valence electrons. The van der Waals surface area contributed by atoms with Crippen molar-refractivity contribution in [2.75, 3.05) is 7.11 Å². The van der Waals surface area contributed by atoms with Crippen LogP contribution in [0.5, 0.6) is 5.75 Å². The first-order valence-corrected chi connectivity index (χ1v) is 10.9. The minimum atomic E-state index is -1.11. The van der Waals surface area contributed by atoms with E-state index in [4.69, 9.17) is 4.74 Å². The van der Waals surface area contributed by atoms with Gasteiger partial charge in [0.25, 0.3) is 0 Å². The van der Waals surface area contributed by atoms with Crippen molar-refractivity contribution in [3.05, 3.63) is 29.8 Å². The number of ketones is 2. The van der Waals surface area contributed by atoms with E-state index in [9.17, 15) is 14.4 Å². The molecule has 0 aliphatic carbocycles. The minimum Gasteiger partial charge on any atom is -0.475 e. The van der Waals surface area contributed by atoms with Crippen molar-refractivity contribution in [2.24, 2.45) is 0 Å². The molecule has 0 bridgehead atoms. The summed E-state index contributed by atoms with van der Waals surface area (Å²) in [6.45, 7) is 3.93. The van der Waals surface area contributed by atoms with Gasteiger partial charge < -0.3 is 9.47 Å². The molecule has 0 aliphatic rings. The zero-order chi connectivity index (χ0) is 21.5. The molecule has 0 aliphatic heterocycles. The van der Waals surface area contributed by atoms with Gasteiger partial charge in [-0.15, -0.1) is 0 Å². The van der Waals surface area contributed by atoms with Crippen molar-refractivity contribution < 1.29 is 23.9 Å². The summed E-state index contributed by atoms with van der Waals surface area (Å²) in [6, 6.07) is 7.64. The molecule has 1 unspecified atom stereocenters. The normalized spacial score (nSPS) is 11.7. The Morgan fingerprint density at radius 1 is 0.828 bits per heavy atom. The summed E-state index contributed by atoms with van der Waals surface area (Å²) >= 11 is 0. The van der Waals surface area contributed by atoms with Gasteiger partial charge in [-0.3, -0.25) is 14.4 Å². The molecule has 0 aromatic heterocycles. The number of benzene rings is 1. The Labute approximate surface area is 175 Å². The fourth-order valence-corrected chi connectivity index (χ4v) is 3.12. The van der Waals surface area contributed by atoms with Crippen molar-refractivity contribution in [3.8, 4) is 5.75 Å². The van der Waals surface area contributed by atoms with E-state index in [1.807, 2.05) is 24.3 Å². The summed E-state index contributed by atoms with van der Waals surface area (Å²) in [5.74, 6) is -0.385. The zero-order valence-corrected chi connectivity index (χ0v) is 18.2. The standard InChI is InChI=1S/C24H36O5/c1-4-6-7-8-9-10-12-19-15-17-20(18-16-19)29-24(21(25)5-2)22(26)13-11-14-23(27)28-3/h15-18,24H,4-14H2,1-3H3. The van der Waals surface area contributed by atoms with E-state index in [0.29, 0.717) is 12.2 Å². The van der Waals surface area contributed by atoms with E-state index in [1.54, 1.807) is 6.92 Å². The first-order chi connectivity index (χ1) is 14.0. The smallest absolute Gasteiger partial charge is 0.305 e. The van der Waals surface area contributed by atoms with E-state index in [1.165, 1.54) is 51.2 Å². The van der Waals surface area contributed by atoms with Crippen LogP contribution < -0.4 is 4.74 Å². The molecular weight excluding hydrogens is 368 g/mol. The Hall–Kier alpha value is -2.17. The van der Waals surface area contributed by atoms with Crippen LogP contribution in [0.2, 0.25) is 0 Å². The molecule has 0 heterocycles. The Bertz CT molecular complexity index is 621. The number of ether oxygens (including phenoxy) is 2. The minimum absolute atomic E-state index is 0.113. The fourth-order valence-electron chi connectivity index (χ4n) is 3.12. The fraction of sp³-hybridized carbons (Fsp3) is 0.625. The molecule has 0 saturated heterocycles. The molecule has 0 N–H and O–H groups in total. The zero-order valence-electron chi connectivity index (χ0n) is 18.2. The highest BCUT2D eigenvalue weighted by atomic mass is 16.5. The molecule has 1 rings (SSSR count). The maximum Gasteiger partial charge on any atom is 0.305 e. The third-order valence-corrected chi connectivity index (χ3v) is 4.96. The summed E-state index contributed by atoms with van der Waals surface area (Å²) < 4.78 is 10.3. The maximum atomic E-state index is 12.4. The highest BCUT2D eigenvalue weighted by Crippen LogP contribution is 2.18. The van der Waals surface area contributed by atoms with Crippen LogP contribution in [0.15, 0.2) is 24.3 Å².